The van der Waals surface area contributed by atoms with Crippen molar-refractivity contribution in [1.82, 2.24) is 9.21 Å². The Morgan fingerprint density at radius 2 is 1.57 bits per heavy atom. The minimum Gasteiger partial charge on any atom is -0.369 e. The largest absolute Gasteiger partial charge is 0.369 e. The number of hydrogen-bond donors (Lipinski definition) is 2. The molecule has 44 heavy (non-hydrogen) atoms. The average molecular weight is 637 g/mol. The summed E-state index contributed by atoms with van der Waals surface area (Å²) in [5.74, 6) is -2.96. The predicted molar refractivity (Wildman–Crippen MR) is 160 cm³/mol. The van der Waals surface area contributed by atoms with Crippen LogP contribution in [0.5, 0.6) is 0 Å². The third-order valence-electron chi connectivity index (χ3n) is 8.65. The molecule has 9 nitrogen and oxygen atoms in total. The quantitative estimate of drug-likeness (QED) is 0.366. The van der Waals surface area contributed by atoms with Crippen LogP contribution in [-0.2, 0) is 29.8 Å². The third kappa shape index (κ3) is 7.00. The summed E-state index contributed by atoms with van der Waals surface area (Å²) >= 11 is 0. The second kappa shape index (κ2) is 12.2. The first kappa shape index (κ1) is 33.6. The lowest BCUT2D eigenvalue weighted by molar-refractivity contribution is -0.143. The van der Waals surface area contributed by atoms with Crippen molar-refractivity contribution in [1.29, 1.82) is 0 Å². The van der Waals surface area contributed by atoms with Crippen LogP contribution in [-0.4, -0.2) is 78.7 Å². The number of nitrogens with two attached hydrogens (primary N) is 2. The number of ketones is 1. The third-order valence-corrected chi connectivity index (χ3v) is 9.87. The minimum atomic E-state index is -3.77. The Labute approximate surface area is 255 Å². The van der Waals surface area contributed by atoms with Crippen molar-refractivity contribution in [3.8, 4) is 11.1 Å². The van der Waals surface area contributed by atoms with Gasteiger partial charge in [-0.3, -0.25) is 19.3 Å². The maximum absolute atomic E-state index is 15.1. The molecule has 2 aromatic rings. The first-order valence-electron chi connectivity index (χ1n) is 14.4. The number of rotatable bonds is 12. The zero-order valence-corrected chi connectivity index (χ0v) is 26.0. The van der Waals surface area contributed by atoms with Crippen LogP contribution >= 0.6 is 0 Å². The Kier molecular flexibility index (Phi) is 9.35. The second-order valence-electron chi connectivity index (χ2n) is 12.7. The summed E-state index contributed by atoms with van der Waals surface area (Å²) in [5.41, 5.74) is 10.9. The highest BCUT2D eigenvalue weighted by Crippen LogP contribution is 2.48. The van der Waals surface area contributed by atoms with E-state index in [-0.39, 0.29) is 18.0 Å². The number of amides is 2. The van der Waals surface area contributed by atoms with E-state index in [4.69, 9.17) is 11.5 Å². The van der Waals surface area contributed by atoms with Gasteiger partial charge in [0.15, 0.2) is 5.78 Å². The summed E-state index contributed by atoms with van der Waals surface area (Å²) in [7, 11) is -3.77. The number of benzene rings is 2. The van der Waals surface area contributed by atoms with Crippen LogP contribution in [0.15, 0.2) is 48.5 Å². The van der Waals surface area contributed by atoms with E-state index in [1.165, 1.54) is 32.9 Å². The van der Waals surface area contributed by atoms with Crippen molar-refractivity contribution in [2.24, 2.45) is 17.4 Å². The van der Waals surface area contributed by atoms with Gasteiger partial charge in [0.1, 0.15) is 5.67 Å². The molecule has 240 valence electrons. The first-order valence-corrected chi connectivity index (χ1v) is 16.2. The van der Waals surface area contributed by atoms with Gasteiger partial charge < -0.3 is 11.5 Å². The SMILES string of the molecule is C[C@H]1CN(S(C)(=O)=O)CC(=O)[C@H]1N([C@@H](CC(C)(C)F)C(N)=O)[C@@H](c1ccc(-c2ccc(C3(C(N)=O)CC3)cc2)cc1)C(F)F. The number of primary amides is 2. The van der Waals surface area contributed by atoms with Crippen molar-refractivity contribution in [3.63, 3.8) is 0 Å². The molecule has 1 aliphatic heterocycles. The van der Waals surface area contributed by atoms with Crippen LogP contribution in [0.4, 0.5) is 13.2 Å². The number of halogens is 3. The number of Topliss-reactive ketones (excluding diaryl/α,β-unsaturated/α-hetero) is 1. The van der Waals surface area contributed by atoms with E-state index in [9.17, 15) is 27.2 Å². The molecule has 1 aliphatic carbocycles. The highest BCUT2D eigenvalue weighted by Gasteiger charge is 2.50. The highest BCUT2D eigenvalue weighted by molar-refractivity contribution is 7.88. The maximum atomic E-state index is 15.1. The lowest BCUT2D eigenvalue weighted by Crippen LogP contribution is -2.63. The van der Waals surface area contributed by atoms with E-state index >= 15 is 8.78 Å². The maximum Gasteiger partial charge on any atom is 0.258 e. The normalized spacial score (nSPS) is 22.2. The second-order valence-corrected chi connectivity index (χ2v) is 14.6. The van der Waals surface area contributed by atoms with E-state index in [0.29, 0.717) is 18.4 Å². The van der Waals surface area contributed by atoms with Gasteiger partial charge in [-0.25, -0.2) is 21.6 Å². The Balaban J connectivity index is 1.73. The summed E-state index contributed by atoms with van der Waals surface area (Å²) in [4.78, 5) is 39.1. The van der Waals surface area contributed by atoms with Gasteiger partial charge in [-0.15, -0.1) is 0 Å². The molecule has 13 heteroatoms. The van der Waals surface area contributed by atoms with Crippen molar-refractivity contribution >= 4 is 27.6 Å². The molecule has 2 fully saturated rings. The molecule has 2 aliphatic rings. The molecule has 1 saturated carbocycles. The van der Waals surface area contributed by atoms with Crippen LogP contribution in [0, 0.1) is 5.92 Å². The van der Waals surface area contributed by atoms with Crippen LogP contribution in [0.2, 0.25) is 0 Å². The molecule has 4 rings (SSSR count). The molecule has 0 aromatic heterocycles. The molecule has 1 saturated heterocycles. The zero-order valence-electron chi connectivity index (χ0n) is 25.2. The topological polar surface area (TPSA) is 144 Å². The van der Waals surface area contributed by atoms with Crippen molar-refractivity contribution in [2.45, 2.75) is 75.7 Å². The van der Waals surface area contributed by atoms with Crippen LogP contribution in [0.1, 0.15) is 57.2 Å². The molecular weight excluding hydrogens is 597 g/mol. The van der Waals surface area contributed by atoms with E-state index < -0.39 is 76.2 Å². The van der Waals surface area contributed by atoms with Crippen LogP contribution in [0.25, 0.3) is 11.1 Å². The monoisotopic (exact) mass is 636 g/mol. The number of alkyl halides is 3. The number of nitrogens with zero attached hydrogens (tertiary/aromatic N) is 2. The van der Waals surface area contributed by atoms with Gasteiger partial charge in [0, 0.05) is 13.0 Å². The van der Waals surface area contributed by atoms with E-state index in [1.807, 2.05) is 24.3 Å². The fourth-order valence-electron chi connectivity index (χ4n) is 6.26. The van der Waals surface area contributed by atoms with Gasteiger partial charge in [-0.2, -0.15) is 4.31 Å². The molecule has 0 spiro atoms. The zero-order chi connectivity index (χ0) is 32.8. The van der Waals surface area contributed by atoms with Gasteiger partial charge in [0.2, 0.25) is 21.8 Å². The lowest BCUT2D eigenvalue weighted by Gasteiger charge is -2.47. The Hall–Kier alpha value is -3.29. The molecule has 0 unspecified atom stereocenters. The fraction of sp³-hybridized carbons (Fsp3) is 0.516. The minimum absolute atomic E-state index is 0.0690. The summed E-state index contributed by atoms with van der Waals surface area (Å²) in [6, 6.07) is 8.64. The number of carbonyl (C=O) groups is 3. The number of sulfonamides is 1. The van der Waals surface area contributed by atoms with Gasteiger partial charge >= 0.3 is 0 Å². The molecule has 1 heterocycles. The standard InChI is InChI=1S/C31H39F3N4O5S/c1-18-16-37(44(4,42)43)17-24(39)25(18)38(23(28(35)40)15-30(2,3)34)26(27(32)33)21-7-5-19(6-8-21)20-9-11-22(12-10-20)31(13-14-31)29(36)41/h5-12,18,23,25-27H,13-17H2,1-4H3,(H2,35,40)(H2,36,41)/t18-,23-,25-,26-/m0/s1. The molecule has 4 atom stereocenters. The number of hydrogen-bond acceptors (Lipinski definition) is 6. The van der Waals surface area contributed by atoms with E-state index in [2.05, 4.69) is 0 Å². The van der Waals surface area contributed by atoms with Gasteiger partial charge in [0.05, 0.1) is 36.3 Å². The van der Waals surface area contributed by atoms with Gasteiger partial charge in [-0.1, -0.05) is 55.5 Å². The Morgan fingerprint density at radius 1 is 1.05 bits per heavy atom. The van der Waals surface area contributed by atoms with Crippen molar-refractivity contribution in [3.05, 3.63) is 59.7 Å². The van der Waals surface area contributed by atoms with Crippen molar-refractivity contribution < 1.29 is 36.0 Å². The van der Waals surface area contributed by atoms with Gasteiger partial charge in [0.25, 0.3) is 6.43 Å². The average Bonchev–Trinajstić information content (AvgIpc) is 3.72. The number of piperidine rings is 1. The summed E-state index contributed by atoms with van der Waals surface area (Å²) in [5, 5.41) is 0. The number of carbonyl (C=O) groups excluding carboxylic acids is 3. The fourth-order valence-corrected chi connectivity index (χ4v) is 7.13. The Bertz CT molecular complexity index is 1510. The van der Waals surface area contributed by atoms with E-state index in [1.54, 1.807) is 12.1 Å². The van der Waals surface area contributed by atoms with E-state index in [0.717, 1.165) is 26.6 Å². The van der Waals surface area contributed by atoms with Gasteiger partial charge in [-0.05, 0) is 54.9 Å². The molecule has 4 N–H and O–H groups in total. The molecule has 0 radical (unpaired) electrons. The van der Waals surface area contributed by atoms with Crippen molar-refractivity contribution in [2.75, 3.05) is 19.3 Å². The highest BCUT2D eigenvalue weighted by atomic mass is 32.2. The Morgan fingerprint density at radius 3 is 1.95 bits per heavy atom. The molecule has 0 bridgehead atoms. The molecular formula is C31H39F3N4O5S. The molecule has 2 aromatic carbocycles. The summed E-state index contributed by atoms with van der Waals surface area (Å²) in [6.07, 6.45) is -1.37. The molecule has 2 amide bonds. The summed E-state index contributed by atoms with van der Waals surface area (Å²) in [6.45, 7) is 3.18. The summed E-state index contributed by atoms with van der Waals surface area (Å²) < 4.78 is 70.5. The smallest absolute Gasteiger partial charge is 0.258 e. The van der Waals surface area contributed by atoms with Crippen LogP contribution < -0.4 is 11.5 Å². The lowest BCUT2D eigenvalue weighted by atomic mass is 9.86. The van der Waals surface area contributed by atoms with Crippen LogP contribution in [0.3, 0.4) is 0 Å². The first-order chi connectivity index (χ1) is 20.4. The predicted octanol–water partition coefficient (Wildman–Crippen LogP) is 3.32.